The summed E-state index contributed by atoms with van der Waals surface area (Å²) in [5, 5.41) is 3.73. The zero-order valence-electron chi connectivity index (χ0n) is 12.8. The molecule has 1 fully saturated rings. The summed E-state index contributed by atoms with van der Waals surface area (Å²) in [5.41, 5.74) is 3.80. The number of benzene rings is 2. The molecular weight excluding hydrogens is 274 g/mol. The molecule has 2 aromatic rings. The molecular formula is C19H21NO2. The van der Waals surface area contributed by atoms with Gasteiger partial charge < -0.3 is 14.8 Å². The number of hydrogen-bond donors (Lipinski definition) is 1. The van der Waals surface area contributed by atoms with Crippen molar-refractivity contribution in [3.63, 3.8) is 0 Å². The average Bonchev–Trinajstić information content (AvgIpc) is 2.61. The van der Waals surface area contributed by atoms with Gasteiger partial charge in [-0.15, -0.1) is 0 Å². The summed E-state index contributed by atoms with van der Waals surface area (Å²) >= 11 is 0. The van der Waals surface area contributed by atoms with E-state index >= 15 is 0 Å². The molecule has 0 amide bonds. The summed E-state index contributed by atoms with van der Waals surface area (Å²) in [7, 11) is 1.70. The van der Waals surface area contributed by atoms with Crippen LogP contribution in [0.1, 0.15) is 36.1 Å². The molecule has 2 heterocycles. The fourth-order valence-electron chi connectivity index (χ4n) is 3.76. The predicted molar refractivity (Wildman–Crippen MR) is 87.2 cm³/mol. The van der Waals surface area contributed by atoms with Crippen LogP contribution in [0.25, 0.3) is 0 Å². The molecule has 2 aromatic carbocycles. The van der Waals surface area contributed by atoms with Crippen molar-refractivity contribution in [3.05, 3.63) is 59.7 Å². The van der Waals surface area contributed by atoms with Crippen molar-refractivity contribution in [2.45, 2.75) is 25.0 Å². The third-order valence-corrected chi connectivity index (χ3v) is 4.85. The quantitative estimate of drug-likeness (QED) is 0.894. The van der Waals surface area contributed by atoms with Gasteiger partial charge in [0.1, 0.15) is 5.75 Å². The monoisotopic (exact) mass is 295 g/mol. The van der Waals surface area contributed by atoms with Gasteiger partial charge >= 0.3 is 0 Å². The van der Waals surface area contributed by atoms with Crippen molar-refractivity contribution in [3.8, 4) is 5.75 Å². The van der Waals surface area contributed by atoms with Crippen molar-refractivity contribution < 1.29 is 9.47 Å². The molecule has 0 spiro atoms. The SMILES string of the molecule is COc1ccc(C2Nc3ccccc3C3OCCCC23)cc1. The van der Waals surface area contributed by atoms with Gasteiger partial charge in [0.05, 0.1) is 19.3 Å². The van der Waals surface area contributed by atoms with E-state index in [1.807, 2.05) is 12.1 Å². The number of para-hydroxylation sites is 1. The molecule has 0 radical (unpaired) electrons. The summed E-state index contributed by atoms with van der Waals surface area (Å²) in [6.45, 7) is 0.866. The zero-order valence-corrected chi connectivity index (χ0v) is 12.8. The fraction of sp³-hybridized carbons (Fsp3) is 0.368. The molecule has 3 unspecified atom stereocenters. The lowest BCUT2D eigenvalue weighted by molar-refractivity contribution is -0.0381. The van der Waals surface area contributed by atoms with Gasteiger partial charge in [-0.2, -0.15) is 0 Å². The van der Waals surface area contributed by atoms with E-state index < -0.39 is 0 Å². The van der Waals surface area contributed by atoms with Crippen LogP contribution < -0.4 is 10.1 Å². The van der Waals surface area contributed by atoms with Crippen molar-refractivity contribution in [1.29, 1.82) is 0 Å². The summed E-state index contributed by atoms with van der Waals surface area (Å²) in [6, 6.07) is 17.2. The van der Waals surface area contributed by atoms with Crippen LogP contribution in [0.15, 0.2) is 48.5 Å². The van der Waals surface area contributed by atoms with Gasteiger partial charge in [-0.25, -0.2) is 0 Å². The smallest absolute Gasteiger partial charge is 0.118 e. The van der Waals surface area contributed by atoms with Gasteiger partial charge in [0.15, 0.2) is 0 Å². The zero-order chi connectivity index (χ0) is 14.9. The third kappa shape index (κ3) is 2.26. The van der Waals surface area contributed by atoms with Gasteiger partial charge in [-0.3, -0.25) is 0 Å². The Morgan fingerprint density at radius 1 is 1.09 bits per heavy atom. The second-order valence-corrected chi connectivity index (χ2v) is 6.08. The van der Waals surface area contributed by atoms with E-state index in [-0.39, 0.29) is 6.10 Å². The van der Waals surface area contributed by atoms with Crippen molar-refractivity contribution in [2.75, 3.05) is 19.0 Å². The number of nitrogens with one attached hydrogen (secondary N) is 1. The average molecular weight is 295 g/mol. The summed E-state index contributed by atoms with van der Waals surface area (Å²) in [5.74, 6) is 1.38. The summed E-state index contributed by atoms with van der Waals surface area (Å²) < 4.78 is 11.4. The molecule has 114 valence electrons. The Labute approximate surface area is 131 Å². The highest BCUT2D eigenvalue weighted by Crippen LogP contribution is 2.48. The number of ether oxygens (including phenoxy) is 2. The highest BCUT2D eigenvalue weighted by Gasteiger charge is 2.39. The van der Waals surface area contributed by atoms with E-state index in [4.69, 9.17) is 9.47 Å². The molecule has 0 aliphatic carbocycles. The van der Waals surface area contributed by atoms with E-state index in [9.17, 15) is 0 Å². The Kier molecular flexibility index (Phi) is 3.51. The largest absolute Gasteiger partial charge is 0.497 e. The van der Waals surface area contributed by atoms with Crippen LogP contribution in [0.5, 0.6) is 5.75 Å². The van der Waals surface area contributed by atoms with Gasteiger partial charge in [0, 0.05) is 23.8 Å². The van der Waals surface area contributed by atoms with Gasteiger partial charge in [-0.05, 0) is 36.6 Å². The number of fused-ring (bicyclic) bond motifs is 3. The van der Waals surface area contributed by atoms with Crippen LogP contribution in [0.4, 0.5) is 5.69 Å². The normalized spacial score (nSPS) is 26.5. The molecule has 2 aliphatic heterocycles. The molecule has 0 aromatic heterocycles. The number of methoxy groups -OCH3 is 1. The molecule has 4 rings (SSSR count). The molecule has 3 nitrogen and oxygen atoms in total. The second kappa shape index (κ2) is 5.65. The third-order valence-electron chi connectivity index (χ3n) is 4.85. The predicted octanol–water partition coefficient (Wildman–Crippen LogP) is 4.33. The Balaban J connectivity index is 1.72. The Morgan fingerprint density at radius 2 is 1.91 bits per heavy atom. The topological polar surface area (TPSA) is 30.5 Å². The first kappa shape index (κ1) is 13.6. The molecule has 2 aliphatic rings. The van der Waals surface area contributed by atoms with E-state index in [0.717, 1.165) is 18.8 Å². The van der Waals surface area contributed by atoms with Gasteiger partial charge in [-0.1, -0.05) is 30.3 Å². The first-order valence-electron chi connectivity index (χ1n) is 7.98. The Hall–Kier alpha value is -2.00. The minimum absolute atomic E-state index is 0.207. The van der Waals surface area contributed by atoms with Crippen LogP contribution in [-0.4, -0.2) is 13.7 Å². The minimum atomic E-state index is 0.207. The van der Waals surface area contributed by atoms with Crippen LogP contribution in [0.2, 0.25) is 0 Å². The number of rotatable bonds is 2. The molecule has 0 bridgehead atoms. The van der Waals surface area contributed by atoms with Crippen molar-refractivity contribution >= 4 is 5.69 Å². The van der Waals surface area contributed by atoms with Gasteiger partial charge in [0.2, 0.25) is 0 Å². The molecule has 22 heavy (non-hydrogen) atoms. The van der Waals surface area contributed by atoms with Gasteiger partial charge in [0.25, 0.3) is 0 Å². The summed E-state index contributed by atoms with van der Waals surface area (Å²) in [6.07, 6.45) is 2.54. The molecule has 1 saturated heterocycles. The Morgan fingerprint density at radius 3 is 2.73 bits per heavy atom. The lowest BCUT2D eigenvalue weighted by atomic mass is 9.77. The van der Waals surface area contributed by atoms with Crippen LogP contribution in [-0.2, 0) is 4.74 Å². The van der Waals surface area contributed by atoms with E-state index in [1.165, 1.54) is 23.2 Å². The standard InChI is InChI=1S/C19H21NO2/c1-21-14-10-8-13(9-11-14)18-16-6-4-12-22-19(16)15-5-2-3-7-17(15)20-18/h2-3,5,7-11,16,18-20H,4,6,12H2,1H3. The number of anilines is 1. The van der Waals surface area contributed by atoms with E-state index in [0.29, 0.717) is 12.0 Å². The first-order valence-corrected chi connectivity index (χ1v) is 7.98. The lowest BCUT2D eigenvalue weighted by Gasteiger charge is -2.43. The molecule has 0 saturated carbocycles. The lowest BCUT2D eigenvalue weighted by Crippen LogP contribution is -2.35. The maximum Gasteiger partial charge on any atom is 0.118 e. The van der Waals surface area contributed by atoms with Crippen molar-refractivity contribution in [1.82, 2.24) is 0 Å². The first-order chi connectivity index (χ1) is 10.9. The molecule has 3 atom stereocenters. The van der Waals surface area contributed by atoms with Crippen molar-refractivity contribution in [2.24, 2.45) is 5.92 Å². The molecule has 1 N–H and O–H groups in total. The van der Waals surface area contributed by atoms with Crippen LogP contribution >= 0.6 is 0 Å². The second-order valence-electron chi connectivity index (χ2n) is 6.08. The molecule has 3 heteroatoms. The summed E-state index contributed by atoms with van der Waals surface area (Å²) in [4.78, 5) is 0. The minimum Gasteiger partial charge on any atom is -0.497 e. The highest BCUT2D eigenvalue weighted by molar-refractivity contribution is 5.57. The van der Waals surface area contributed by atoms with E-state index in [1.54, 1.807) is 7.11 Å². The van der Waals surface area contributed by atoms with Crippen LogP contribution in [0.3, 0.4) is 0 Å². The maximum atomic E-state index is 6.14. The number of hydrogen-bond acceptors (Lipinski definition) is 3. The Bertz CT molecular complexity index is 653. The van der Waals surface area contributed by atoms with E-state index in [2.05, 4.69) is 41.7 Å². The van der Waals surface area contributed by atoms with Crippen LogP contribution in [0, 0.1) is 5.92 Å². The maximum absolute atomic E-state index is 6.14. The highest BCUT2D eigenvalue weighted by atomic mass is 16.5. The fourth-order valence-corrected chi connectivity index (χ4v) is 3.76.